The van der Waals surface area contributed by atoms with Crippen LogP contribution in [0, 0.1) is 11.8 Å². The highest BCUT2D eigenvalue weighted by molar-refractivity contribution is 5.23. The van der Waals surface area contributed by atoms with Crippen LogP contribution in [0.2, 0.25) is 0 Å². The van der Waals surface area contributed by atoms with Gasteiger partial charge in [-0.15, -0.1) is 0 Å². The molecule has 4 atom stereocenters. The molecule has 1 aliphatic rings. The maximum Gasteiger partial charge on any atom is 0.118 e. The Bertz CT molecular complexity index is 654. The van der Waals surface area contributed by atoms with Gasteiger partial charge in [0.15, 0.2) is 0 Å². The van der Waals surface area contributed by atoms with E-state index < -0.39 is 5.60 Å². The van der Waals surface area contributed by atoms with E-state index >= 15 is 0 Å². The van der Waals surface area contributed by atoms with Crippen molar-refractivity contribution in [3.63, 3.8) is 0 Å². The molecule has 0 saturated carbocycles. The first-order valence-electron chi connectivity index (χ1n) is 9.72. The van der Waals surface area contributed by atoms with E-state index in [1.165, 1.54) is 11.1 Å². The highest BCUT2D eigenvalue weighted by Crippen LogP contribution is 2.44. The smallest absolute Gasteiger partial charge is 0.118 e. The van der Waals surface area contributed by atoms with E-state index in [4.69, 9.17) is 0 Å². The fourth-order valence-corrected chi connectivity index (χ4v) is 4.95. The third-order valence-electron chi connectivity index (χ3n) is 5.83. The predicted octanol–water partition coefficient (Wildman–Crippen LogP) is 4.24. The van der Waals surface area contributed by atoms with E-state index in [0.717, 1.165) is 19.3 Å². The van der Waals surface area contributed by atoms with Gasteiger partial charge in [0.2, 0.25) is 0 Å². The molecule has 0 amide bonds. The average molecular weight is 339 g/mol. The Labute approximate surface area is 152 Å². The molecule has 1 saturated heterocycles. The fraction of sp³-hybridized carbons (Fsp3) is 0.478. The van der Waals surface area contributed by atoms with Crippen LogP contribution in [0.3, 0.4) is 0 Å². The lowest BCUT2D eigenvalue weighted by Crippen LogP contribution is -2.92. The maximum atomic E-state index is 11.7. The summed E-state index contributed by atoms with van der Waals surface area (Å²) >= 11 is 0. The second-order valence-electron chi connectivity index (χ2n) is 7.97. The van der Waals surface area contributed by atoms with Crippen LogP contribution in [0.4, 0.5) is 0 Å². The van der Waals surface area contributed by atoms with Gasteiger partial charge < -0.3 is 10.4 Å². The van der Waals surface area contributed by atoms with Crippen LogP contribution < -0.4 is 5.32 Å². The van der Waals surface area contributed by atoms with Gasteiger partial charge in [0, 0.05) is 23.5 Å². The van der Waals surface area contributed by atoms with Crippen molar-refractivity contribution in [2.45, 2.75) is 57.7 Å². The van der Waals surface area contributed by atoms with Crippen molar-refractivity contribution in [2.24, 2.45) is 11.8 Å². The van der Waals surface area contributed by atoms with Gasteiger partial charge in [-0.05, 0) is 12.3 Å². The maximum absolute atomic E-state index is 11.7. The summed E-state index contributed by atoms with van der Waals surface area (Å²) in [5.41, 5.74) is 2.04. The Balaban J connectivity index is 2.02. The molecule has 25 heavy (non-hydrogen) atoms. The van der Waals surface area contributed by atoms with Crippen molar-refractivity contribution in [2.75, 3.05) is 0 Å². The second-order valence-corrected chi connectivity index (χ2v) is 7.97. The van der Waals surface area contributed by atoms with Crippen LogP contribution in [-0.4, -0.2) is 10.7 Å². The third kappa shape index (κ3) is 3.80. The van der Waals surface area contributed by atoms with E-state index in [0.29, 0.717) is 12.0 Å². The van der Waals surface area contributed by atoms with Crippen LogP contribution in [-0.2, 0) is 0 Å². The number of nitrogens with two attached hydrogens (primary N) is 1. The summed E-state index contributed by atoms with van der Waals surface area (Å²) in [5, 5.41) is 14.2. The largest absolute Gasteiger partial charge is 0.389 e. The average Bonchev–Trinajstić information content (AvgIpc) is 2.62. The monoisotopic (exact) mass is 338 g/mol. The van der Waals surface area contributed by atoms with Crippen molar-refractivity contribution in [3.05, 3.63) is 71.8 Å². The lowest BCUT2D eigenvalue weighted by molar-refractivity contribution is -0.758. The molecular weight excluding hydrogens is 306 g/mol. The molecule has 2 heteroatoms. The van der Waals surface area contributed by atoms with Gasteiger partial charge in [0.25, 0.3) is 0 Å². The van der Waals surface area contributed by atoms with Gasteiger partial charge in [-0.25, -0.2) is 0 Å². The minimum Gasteiger partial charge on any atom is -0.389 e. The first-order chi connectivity index (χ1) is 12.0. The zero-order chi connectivity index (χ0) is 17.9. The number of hydrogen-bond acceptors (Lipinski definition) is 1. The lowest BCUT2D eigenvalue weighted by atomic mass is 9.65. The van der Waals surface area contributed by atoms with Crippen LogP contribution in [0.15, 0.2) is 60.7 Å². The number of hydrogen-bond donors (Lipinski definition) is 2. The van der Waals surface area contributed by atoms with Gasteiger partial charge in [-0.3, -0.25) is 0 Å². The van der Waals surface area contributed by atoms with E-state index in [9.17, 15) is 5.11 Å². The van der Waals surface area contributed by atoms with Crippen molar-refractivity contribution in [1.29, 1.82) is 0 Å². The van der Waals surface area contributed by atoms with E-state index in [1.807, 2.05) is 0 Å². The minimum absolute atomic E-state index is 0.259. The number of aliphatic hydroxyl groups is 1. The Morgan fingerprint density at radius 1 is 1.00 bits per heavy atom. The molecule has 2 aromatic carbocycles. The Hall–Kier alpha value is -1.64. The summed E-state index contributed by atoms with van der Waals surface area (Å²) in [6.45, 7) is 6.71. The molecule has 1 aliphatic heterocycles. The molecule has 134 valence electrons. The molecule has 3 rings (SSSR count). The summed E-state index contributed by atoms with van der Waals surface area (Å²) in [6, 6.07) is 22.0. The summed E-state index contributed by atoms with van der Waals surface area (Å²) in [4.78, 5) is 0. The summed E-state index contributed by atoms with van der Waals surface area (Å²) in [6.07, 6.45) is 2.72. The molecule has 0 spiro atoms. The number of piperidine rings is 1. The zero-order valence-electron chi connectivity index (χ0n) is 15.7. The molecule has 0 radical (unpaired) electrons. The van der Waals surface area contributed by atoms with Crippen LogP contribution in [0.5, 0.6) is 0 Å². The molecule has 0 aliphatic carbocycles. The SMILES string of the molecule is CCCC1(O)CC(c2ccccc2)[NH2+]C(c2ccccc2)C1C(C)C. The first-order valence-corrected chi connectivity index (χ1v) is 9.72. The van der Waals surface area contributed by atoms with E-state index in [1.54, 1.807) is 0 Å². The van der Waals surface area contributed by atoms with Crippen molar-refractivity contribution < 1.29 is 10.4 Å². The van der Waals surface area contributed by atoms with Crippen molar-refractivity contribution in [3.8, 4) is 0 Å². The number of quaternary nitrogens is 1. The van der Waals surface area contributed by atoms with Gasteiger partial charge in [-0.2, -0.15) is 0 Å². The Morgan fingerprint density at radius 2 is 1.56 bits per heavy atom. The summed E-state index contributed by atoms with van der Waals surface area (Å²) in [7, 11) is 0. The fourth-order valence-electron chi connectivity index (χ4n) is 4.95. The lowest BCUT2D eigenvalue weighted by Gasteiger charge is -2.48. The predicted molar refractivity (Wildman–Crippen MR) is 103 cm³/mol. The highest BCUT2D eigenvalue weighted by Gasteiger charge is 2.51. The van der Waals surface area contributed by atoms with Crippen molar-refractivity contribution >= 4 is 0 Å². The van der Waals surface area contributed by atoms with Crippen LogP contribution >= 0.6 is 0 Å². The molecule has 2 nitrogen and oxygen atoms in total. The van der Waals surface area contributed by atoms with E-state index in [-0.39, 0.29) is 12.0 Å². The normalized spacial score (nSPS) is 29.7. The molecule has 4 unspecified atom stereocenters. The quantitative estimate of drug-likeness (QED) is 0.840. The second kappa shape index (κ2) is 7.72. The van der Waals surface area contributed by atoms with Gasteiger partial charge >= 0.3 is 0 Å². The van der Waals surface area contributed by atoms with Crippen molar-refractivity contribution in [1.82, 2.24) is 0 Å². The Morgan fingerprint density at radius 3 is 2.08 bits per heavy atom. The molecule has 1 heterocycles. The molecular formula is C23H32NO+. The number of benzene rings is 2. The van der Waals surface area contributed by atoms with E-state index in [2.05, 4.69) is 86.8 Å². The summed E-state index contributed by atoms with van der Waals surface area (Å²) in [5.74, 6) is 0.699. The van der Waals surface area contributed by atoms with Gasteiger partial charge in [-0.1, -0.05) is 87.9 Å². The Kier molecular flexibility index (Phi) is 5.61. The molecule has 0 aromatic heterocycles. The number of rotatable bonds is 5. The first kappa shape index (κ1) is 18.2. The third-order valence-corrected chi connectivity index (χ3v) is 5.83. The topological polar surface area (TPSA) is 36.8 Å². The molecule has 3 N–H and O–H groups in total. The zero-order valence-corrected chi connectivity index (χ0v) is 15.7. The molecule has 2 aromatic rings. The van der Waals surface area contributed by atoms with Crippen LogP contribution in [0.1, 0.15) is 63.2 Å². The molecule has 0 bridgehead atoms. The summed E-state index contributed by atoms with van der Waals surface area (Å²) < 4.78 is 0. The minimum atomic E-state index is -0.612. The van der Waals surface area contributed by atoms with Gasteiger partial charge in [0.05, 0.1) is 5.60 Å². The molecule has 1 fully saturated rings. The van der Waals surface area contributed by atoms with Crippen LogP contribution in [0.25, 0.3) is 0 Å². The highest BCUT2D eigenvalue weighted by atomic mass is 16.3. The standard InChI is InChI=1S/C23H31NO/c1-4-15-23(25)16-20(18-11-7-5-8-12-18)24-22(21(23)17(2)3)19-13-9-6-10-14-19/h5-14,17,20-22,24-25H,4,15-16H2,1-3H3/p+1. The van der Waals surface area contributed by atoms with Gasteiger partial charge in [0.1, 0.15) is 12.1 Å².